The van der Waals surface area contributed by atoms with Crippen molar-refractivity contribution in [2.75, 3.05) is 26.4 Å². The van der Waals surface area contributed by atoms with Crippen molar-refractivity contribution >= 4 is 19.8 Å². The van der Waals surface area contributed by atoms with Gasteiger partial charge in [0.2, 0.25) is 0 Å². The lowest BCUT2D eigenvalue weighted by Gasteiger charge is -2.20. The van der Waals surface area contributed by atoms with Crippen molar-refractivity contribution in [2.45, 2.75) is 193 Å². The highest BCUT2D eigenvalue weighted by Crippen LogP contribution is 2.43. The molecule has 1 saturated heterocycles. The Hall–Kier alpha value is -1.85. The van der Waals surface area contributed by atoms with E-state index in [1.165, 1.54) is 77.0 Å². The van der Waals surface area contributed by atoms with E-state index in [0.29, 0.717) is 31.5 Å². The second-order valence-corrected chi connectivity index (χ2v) is 16.7. The van der Waals surface area contributed by atoms with E-state index in [9.17, 15) is 24.2 Å². The van der Waals surface area contributed by atoms with E-state index >= 15 is 0 Å². The quantitative estimate of drug-likeness (QED) is 0.0179. The van der Waals surface area contributed by atoms with Gasteiger partial charge in [-0.3, -0.25) is 18.6 Å². The van der Waals surface area contributed by atoms with Crippen LogP contribution in [0.25, 0.3) is 0 Å². The molecule has 0 saturated carbocycles. The summed E-state index contributed by atoms with van der Waals surface area (Å²) >= 11 is 0. The summed E-state index contributed by atoms with van der Waals surface area (Å²) in [5.41, 5.74) is 0. The zero-order chi connectivity index (χ0) is 40.4. The van der Waals surface area contributed by atoms with Crippen molar-refractivity contribution in [3.05, 3.63) is 36.5 Å². The molecule has 0 amide bonds. The van der Waals surface area contributed by atoms with Crippen LogP contribution in [0, 0.1) is 5.92 Å². The Morgan fingerprint density at radius 1 is 0.709 bits per heavy atom. The van der Waals surface area contributed by atoms with E-state index in [-0.39, 0.29) is 19.4 Å². The largest absolute Gasteiger partial charge is 0.472 e. The number of phosphoric ester groups is 1. The maximum Gasteiger partial charge on any atom is 0.472 e. The normalized spacial score (nSPS) is 18.0. The van der Waals surface area contributed by atoms with Crippen molar-refractivity contribution in [3.63, 3.8) is 0 Å². The molecular weight excluding hydrogens is 723 g/mol. The number of phosphoric acid groups is 1. The van der Waals surface area contributed by atoms with Crippen LogP contribution in [0.4, 0.5) is 0 Å². The van der Waals surface area contributed by atoms with Crippen LogP contribution in [0.3, 0.4) is 0 Å². The molecular formula is C43H77O11P. The second kappa shape index (κ2) is 34.2. The number of carbonyl (C=O) groups is 2. The zero-order valence-corrected chi connectivity index (χ0v) is 35.4. The molecule has 3 unspecified atom stereocenters. The first-order chi connectivity index (χ1) is 26.6. The number of ether oxygens (including phenoxy) is 3. The lowest BCUT2D eigenvalue weighted by molar-refractivity contribution is -0.161. The second-order valence-electron chi connectivity index (χ2n) is 15.2. The first-order valence-electron chi connectivity index (χ1n) is 21.4. The molecule has 11 nitrogen and oxygen atoms in total. The van der Waals surface area contributed by atoms with E-state index < -0.39 is 51.8 Å². The van der Waals surface area contributed by atoms with Gasteiger partial charge in [-0.1, -0.05) is 147 Å². The maximum absolute atomic E-state index is 12.6. The Balaban J connectivity index is 2.28. The minimum Gasteiger partial charge on any atom is -0.462 e. The molecule has 0 aliphatic carbocycles. The summed E-state index contributed by atoms with van der Waals surface area (Å²) in [6, 6.07) is 0. The maximum atomic E-state index is 12.6. The third-order valence-corrected chi connectivity index (χ3v) is 10.4. The topological polar surface area (TPSA) is 161 Å². The van der Waals surface area contributed by atoms with Gasteiger partial charge in [-0.25, -0.2) is 4.57 Å². The van der Waals surface area contributed by atoms with Gasteiger partial charge in [0.05, 0.1) is 32.0 Å². The molecule has 3 N–H and O–H groups in total. The van der Waals surface area contributed by atoms with Crippen molar-refractivity contribution in [1.82, 2.24) is 0 Å². The molecule has 1 fully saturated rings. The molecule has 320 valence electrons. The molecule has 1 rings (SSSR count). The number of aliphatic hydroxyl groups is 2. The van der Waals surface area contributed by atoms with Gasteiger partial charge < -0.3 is 29.3 Å². The number of aliphatic hydroxyl groups excluding tert-OH is 2. The molecule has 0 aromatic heterocycles. The molecule has 1 aliphatic heterocycles. The average Bonchev–Trinajstić information content (AvgIpc) is 3.91. The van der Waals surface area contributed by atoms with Gasteiger partial charge in [0.1, 0.15) is 12.7 Å². The zero-order valence-electron chi connectivity index (χ0n) is 34.5. The lowest BCUT2D eigenvalue weighted by atomic mass is 10.0. The number of esters is 2. The summed E-state index contributed by atoms with van der Waals surface area (Å²) in [4.78, 5) is 34.9. The molecule has 1 aliphatic rings. The Kier molecular flexibility index (Phi) is 31.8. The van der Waals surface area contributed by atoms with Crippen LogP contribution < -0.4 is 0 Å². The van der Waals surface area contributed by atoms with Crippen LogP contribution in [-0.4, -0.2) is 77.9 Å². The summed E-state index contributed by atoms with van der Waals surface area (Å²) in [6.45, 7) is 4.59. The van der Waals surface area contributed by atoms with Gasteiger partial charge >= 0.3 is 19.8 Å². The average molecular weight is 801 g/mol. The van der Waals surface area contributed by atoms with Crippen LogP contribution >= 0.6 is 7.82 Å². The van der Waals surface area contributed by atoms with E-state index in [1.54, 1.807) is 0 Å². The molecule has 55 heavy (non-hydrogen) atoms. The van der Waals surface area contributed by atoms with Gasteiger partial charge in [-0.2, -0.15) is 0 Å². The standard InChI is InChI=1S/C43H77O11P/c1-4-5-23-29-40-41(54-40)30-25-20-16-12-9-10-13-17-21-26-31-42(46)50-35-39(36-52-55(48,49)51-34-38(45)33-44)53-43(47)32-27-22-18-14-8-6-7-11-15-19-24-28-37(2)3/h9,12-13,17,20,25,37-41,44-45H,4-8,10-11,14-16,18-19,21-24,26-36H2,1-3H3,(H,48,49)/b12-9-,17-13-,25-20-/t38-,39+,40?,41?/m0/s1. The minimum atomic E-state index is -4.63. The van der Waals surface area contributed by atoms with Crippen LogP contribution in [0.5, 0.6) is 0 Å². The Bertz CT molecular complexity index is 1090. The summed E-state index contributed by atoms with van der Waals surface area (Å²) in [7, 11) is -4.63. The summed E-state index contributed by atoms with van der Waals surface area (Å²) in [5, 5.41) is 18.3. The molecule has 0 bridgehead atoms. The first kappa shape index (κ1) is 51.2. The van der Waals surface area contributed by atoms with Crippen molar-refractivity contribution < 1.29 is 52.5 Å². The Morgan fingerprint density at radius 3 is 1.93 bits per heavy atom. The van der Waals surface area contributed by atoms with E-state index in [1.807, 2.05) is 6.08 Å². The summed E-state index contributed by atoms with van der Waals surface area (Å²) in [6.07, 6.45) is 34.4. The third kappa shape index (κ3) is 32.9. The smallest absolute Gasteiger partial charge is 0.462 e. The van der Waals surface area contributed by atoms with Crippen molar-refractivity contribution in [1.29, 1.82) is 0 Å². The number of unbranched alkanes of at least 4 members (excludes halogenated alkanes) is 13. The number of rotatable bonds is 38. The van der Waals surface area contributed by atoms with Crippen LogP contribution in [-0.2, 0) is 37.4 Å². The monoisotopic (exact) mass is 801 g/mol. The van der Waals surface area contributed by atoms with Crippen LogP contribution in [0.15, 0.2) is 36.5 Å². The number of hydrogen-bond donors (Lipinski definition) is 3. The number of carbonyl (C=O) groups excluding carboxylic acids is 2. The van der Waals surface area contributed by atoms with Crippen molar-refractivity contribution in [2.24, 2.45) is 5.92 Å². The van der Waals surface area contributed by atoms with E-state index in [2.05, 4.69) is 55.7 Å². The SMILES string of the molecule is CCCCCC1OC1C/C=C\C/C=C\C/C=C\CCCC(=O)OC[C@H](COP(=O)(O)OC[C@@H](O)CO)OC(=O)CCCCCCCCCCCCCC(C)C. The van der Waals surface area contributed by atoms with Gasteiger partial charge in [0, 0.05) is 12.8 Å². The molecule has 1 heterocycles. The minimum absolute atomic E-state index is 0.162. The lowest BCUT2D eigenvalue weighted by Crippen LogP contribution is -2.29. The van der Waals surface area contributed by atoms with Gasteiger partial charge in [0.25, 0.3) is 0 Å². The fraction of sp³-hybridized carbons (Fsp3) is 0.814. The van der Waals surface area contributed by atoms with Gasteiger partial charge in [0.15, 0.2) is 6.10 Å². The highest BCUT2D eigenvalue weighted by atomic mass is 31.2. The number of epoxide rings is 1. The highest BCUT2D eigenvalue weighted by molar-refractivity contribution is 7.47. The highest BCUT2D eigenvalue weighted by Gasteiger charge is 2.36. The van der Waals surface area contributed by atoms with Crippen LogP contribution in [0.2, 0.25) is 0 Å². The number of hydrogen-bond acceptors (Lipinski definition) is 10. The Labute approximate surface area is 333 Å². The fourth-order valence-corrected chi connectivity index (χ4v) is 6.76. The van der Waals surface area contributed by atoms with Crippen LogP contribution in [0.1, 0.15) is 168 Å². The molecule has 0 aromatic rings. The summed E-state index contributed by atoms with van der Waals surface area (Å²) < 4.78 is 38.4. The molecule has 0 spiro atoms. The molecule has 5 atom stereocenters. The fourth-order valence-electron chi connectivity index (χ4n) is 5.97. The Morgan fingerprint density at radius 2 is 1.29 bits per heavy atom. The van der Waals surface area contributed by atoms with E-state index in [0.717, 1.165) is 44.4 Å². The molecule has 0 aromatic carbocycles. The third-order valence-electron chi connectivity index (χ3n) is 9.40. The van der Waals surface area contributed by atoms with E-state index in [4.69, 9.17) is 23.8 Å². The van der Waals surface area contributed by atoms with Crippen molar-refractivity contribution in [3.8, 4) is 0 Å². The predicted octanol–water partition coefficient (Wildman–Crippen LogP) is 10.0. The first-order valence-corrected chi connectivity index (χ1v) is 22.9. The van der Waals surface area contributed by atoms with Gasteiger partial charge in [-0.15, -0.1) is 0 Å². The summed E-state index contributed by atoms with van der Waals surface area (Å²) in [5.74, 6) is -0.202. The molecule has 12 heteroatoms. The predicted molar refractivity (Wildman–Crippen MR) is 218 cm³/mol. The van der Waals surface area contributed by atoms with Gasteiger partial charge in [-0.05, 0) is 50.9 Å². The molecule has 0 radical (unpaired) electrons. The number of allylic oxidation sites excluding steroid dienone is 5.